The van der Waals surface area contributed by atoms with Gasteiger partial charge in [0.25, 0.3) is 0 Å². The Labute approximate surface area is 132 Å². The van der Waals surface area contributed by atoms with Crippen LogP contribution in [0.4, 0.5) is 0 Å². The van der Waals surface area contributed by atoms with Crippen LogP contribution in [0.2, 0.25) is 0 Å². The highest BCUT2D eigenvalue weighted by molar-refractivity contribution is 4.94. The van der Waals surface area contributed by atoms with Gasteiger partial charge in [-0.15, -0.1) is 0 Å². The summed E-state index contributed by atoms with van der Waals surface area (Å²) >= 11 is 0. The van der Waals surface area contributed by atoms with E-state index in [0.29, 0.717) is 0 Å². The average molecular weight is 340 g/mol. The zero-order valence-electron chi connectivity index (χ0n) is 12.5. The molecule has 7 N–H and O–H groups in total. The topological polar surface area (TPSA) is 169 Å². The van der Waals surface area contributed by atoms with Crippen molar-refractivity contribution in [1.82, 2.24) is 0 Å². The van der Waals surface area contributed by atoms with E-state index in [9.17, 15) is 30.6 Å². The van der Waals surface area contributed by atoms with Crippen molar-refractivity contribution in [1.29, 1.82) is 0 Å². The minimum atomic E-state index is -1.66. The first-order valence-corrected chi connectivity index (χ1v) is 7.40. The van der Waals surface area contributed by atoms with Gasteiger partial charge in [-0.1, -0.05) is 0 Å². The largest absolute Gasteiger partial charge is 0.394 e. The lowest BCUT2D eigenvalue weighted by atomic mass is 9.95. The maximum absolute atomic E-state index is 10.1. The summed E-state index contributed by atoms with van der Waals surface area (Å²) < 4.78 is 15.9. The van der Waals surface area contributed by atoms with Gasteiger partial charge in [0.2, 0.25) is 0 Å². The van der Waals surface area contributed by atoms with Gasteiger partial charge in [-0.05, 0) is 6.92 Å². The molecule has 2 fully saturated rings. The highest BCUT2D eigenvalue weighted by Gasteiger charge is 2.49. The van der Waals surface area contributed by atoms with E-state index in [1.54, 1.807) is 0 Å². The molecule has 2 aliphatic rings. The SMILES string of the molecule is C[C@H]1OC(CO)[C@@H](O[C@@H]2OC(CO)[C@@H](O)[C@H](O)C2O)[C@H](O)C1O. The van der Waals surface area contributed by atoms with Crippen LogP contribution in [0.1, 0.15) is 6.92 Å². The summed E-state index contributed by atoms with van der Waals surface area (Å²) in [5, 5.41) is 67.8. The molecule has 0 bridgehead atoms. The zero-order chi connectivity index (χ0) is 17.3. The van der Waals surface area contributed by atoms with Crippen LogP contribution in [-0.4, -0.2) is 110 Å². The van der Waals surface area contributed by atoms with Crippen LogP contribution in [-0.2, 0) is 14.2 Å². The van der Waals surface area contributed by atoms with E-state index in [2.05, 4.69) is 0 Å². The first-order valence-electron chi connectivity index (χ1n) is 7.40. The molecule has 2 heterocycles. The molecule has 0 aromatic rings. The van der Waals surface area contributed by atoms with Crippen LogP contribution >= 0.6 is 0 Å². The second kappa shape index (κ2) is 7.66. The smallest absolute Gasteiger partial charge is 0.187 e. The number of rotatable bonds is 4. The molecule has 0 amide bonds. The summed E-state index contributed by atoms with van der Waals surface area (Å²) in [6.07, 6.45) is -13.2. The van der Waals surface area contributed by atoms with E-state index >= 15 is 0 Å². The number of hydrogen-bond acceptors (Lipinski definition) is 10. The lowest BCUT2D eigenvalue weighted by Crippen LogP contribution is -2.64. The maximum atomic E-state index is 10.1. The summed E-state index contributed by atoms with van der Waals surface area (Å²) in [6.45, 7) is 0.369. The Kier molecular flexibility index (Phi) is 6.30. The molecule has 0 spiro atoms. The highest BCUT2D eigenvalue weighted by atomic mass is 16.7. The molecule has 10 heteroatoms. The van der Waals surface area contributed by atoms with Gasteiger partial charge in [-0.25, -0.2) is 0 Å². The van der Waals surface area contributed by atoms with Crippen molar-refractivity contribution in [2.24, 2.45) is 0 Å². The van der Waals surface area contributed by atoms with Gasteiger partial charge < -0.3 is 50.0 Å². The third-order valence-electron chi connectivity index (χ3n) is 4.24. The quantitative estimate of drug-likeness (QED) is 0.265. The van der Waals surface area contributed by atoms with Crippen molar-refractivity contribution in [3.63, 3.8) is 0 Å². The molecule has 10 nitrogen and oxygen atoms in total. The van der Waals surface area contributed by atoms with Crippen molar-refractivity contribution in [3.05, 3.63) is 0 Å². The van der Waals surface area contributed by atoms with E-state index in [-0.39, 0.29) is 0 Å². The fourth-order valence-electron chi connectivity index (χ4n) is 2.78. The molecule has 10 atom stereocenters. The van der Waals surface area contributed by atoms with Crippen molar-refractivity contribution >= 4 is 0 Å². The number of aliphatic hydroxyl groups excluding tert-OH is 7. The molecule has 0 saturated carbocycles. The fraction of sp³-hybridized carbons (Fsp3) is 1.00. The lowest BCUT2D eigenvalue weighted by molar-refractivity contribution is -0.341. The molecule has 2 rings (SSSR count). The summed E-state index contributed by atoms with van der Waals surface area (Å²) in [5.41, 5.74) is 0. The molecule has 23 heavy (non-hydrogen) atoms. The maximum Gasteiger partial charge on any atom is 0.187 e. The number of aliphatic hydroxyl groups is 7. The first kappa shape index (κ1) is 18.9. The van der Waals surface area contributed by atoms with Gasteiger partial charge in [-0.3, -0.25) is 0 Å². The third-order valence-corrected chi connectivity index (χ3v) is 4.24. The highest BCUT2D eigenvalue weighted by Crippen LogP contribution is 2.28. The predicted octanol–water partition coefficient (Wildman–Crippen LogP) is -4.33. The van der Waals surface area contributed by atoms with Crippen LogP contribution < -0.4 is 0 Å². The molecule has 0 aromatic heterocycles. The minimum absolute atomic E-state index is 0.518. The Bertz CT molecular complexity index is 378. The minimum Gasteiger partial charge on any atom is -0.394 e. The molecular formula is C13H24O10. The first-order chi connectivity index (χ1) is 10.8. The normalized spacial score (nSPS) is 51.7. The second-order valence-electron chi connectivity index (χ2n) is 5.84. The Morgan fingerprint density at radius 1 is 0.739 bits per heavy atom. The van der Waals surface area contributed by atoms with Gasteiger partial charge in [-0.2, -0.15) is 0 Å². The third kappa shape index (κ3) is 3.66. The molecule has 0 aromatic carbocycles. The van der Waals surface area contributed by atoms with Crippen molar-refractivity contribution in [2.45, 2.75) is 68.1 Å². The van der Waals surface area contributed by atoms with E-state index in [1.807, 2.05) is 0 Å². The molecular weight excluding hydrogens is 316 g/mol. The predicted molar refractivity (Wildman–Crippen MR) is 72.1 cm³/mol. The molecule has 0 radical (unpaired) electrons. The van der Waals surface area contributed by atoms with Crippen LogP contribution in [0.15, 0.2) is 0 Å². The van der Waals surface area contributed by atoms with Crippen molar-refractivity contribution < 1.29 is 50.0 Å². The van der Waals surface area contributed by atoms with Gasteiger partial charge in [0, 0.05) is 0 Å². The summed E-state index contributed by atoms with van der Waals surface area (Å²) in [5.74, 6) is 0. The van der Waals surface area contributed by atoms with E-state index in [0.717, 1.165) is 0 Å². The molecule has 2 saturated heterocycles. The van der Waals surface area contributed by atoms with Crippen LogP contribution in [0.3, 0.4) is 0 Å². The molecule has 4 unspecified atom stereocenters. The zero-order valence-corrected chi connectivity index (χ0v) is 12.5. The fourth-order valence-corrected chi connectivity index (χ4v) is 2.78. The Morgan fingerprint density at radius 3 is 1.91 bits per heavy atom. The Balaban J connectivity index is 2.11. The van der Waals surface area contributed by atoms with Crippen molar-refractivity contribution in [2.75, 3.05) is 13.2 Å². The summed E-state index contributed by atoms with van der Waals surface area (Å²) in [7, 11) is 0. The summed E-state index contributed by atoms with van der Waals surface area (Å²) in [6, 6.07) is 0. The van der Waals surface area contributed by atoms with Gasteiger partial charge >= 0.3 is 0 Å². The number of hydrogen-bond donors (Lipinski definition) is 7. The standard InChI is InChI=1S/C13H24O10/c1-4-7(16)10(19)12(6(3-15)21-4)23-13-11(20)9(18)8(17)5(2-14)22-13/h4-20H,2-3H2,1H3/t4-,5?,6?,7?,8-,9+,10-,11?,12-,13+/m1/s1. The molecule has 2 aliphatic heterocycles. The van der Waals surface area contributed by atoms with Crippen molar-refractivity contribution in [3.8, 4) is 0 Å². The van der Waals surface area contributed by atoms with Gasteiger partial charge in [0.15, 0.2) is 6.29 Å². The van der Waals surface area contributed by atoms with E-state index < -0.39 is 74.4 Å². The monoisotopic (exact) mass is 340 g/mol. The van der Waals surface area contributed by atoms with Crippen LogP contribution in [0.25, 0.3) is 0 Å². The van der Waals surface area contributed by atoms with E-state index in [4.69, 9.17) is 19.3 Å². The molecule has 0 aliphatic carbocycles. The van der Waals surface area contributed by atoms with E-state index in [1.165, 1.54) is 6.92 Å². The molecule has 136 valence electrons. The van der Waals surface area contributed by atoms with Gasteiger partial charge in [0.05, 0.1) is 19.3 Å². The number of ether oxygens (including phenoxy) is 3. The van der Waals surface area contributed by atoms with Crippen LogP contribution in [0.5, 0.6) is 0 Å². The lowest BCUT2D eigenvalue weighted by Gasteiger charge is -2.45. The van der Waals surface area contributed by atoms with Crippen LogP contribution in [0, 0.1) is 0 Å². The summed E-state index contributed by atoms with van der Waals surface area (Å²) in [4.78, 5) is 0. The Hall–Kier alpha value is -0.400. The van der Waals surface area contributed by atoms with Gasteiger partial charge in [0.1, 0.15) is 48.8 Å². The second-order valence-corrected chi connectivity index (χ2v) is 5.84. The Morgan fingerprint density at radius 2 is 1.35 bits per heavy atom. The average Bonchev–Trinajstić information content (AvgIpc) is 2.55.